The summed E-state index contributed by atoms with van der Waals surface area (Å²) in [7, 11) is 15.7. The van der Waals surface area contributed by atoms with Crippen molar-refractivity contribution in [2.45, 2.75) is 11.9 Å². The highest BCUT2D eigenvalue weighted by molar-refractivity contribution is 6.58. The zero-order chi connectivity index (χ0) is 23.5. The fourth-order valence-electron chi connectivity index (χ4n) is 2.75. The minimum atomic E-state index is -1.90. The van der Waals surface area contributed by atoms with E-state index in [0.717, 1.165) is 6.07 Å². The van der Waals surface area contributed by atoms with Gasteiger partial charge in [-0.1, -0.05) is 23.4 Å². The average Bonchev–Trinajstić information content (AvgIpc) is 2.65. The average molecular weight is 434 g/mol. The van der Waals surface area contributed by atoms with Crippen molar-refractivity contribution >= 4 is 47.1 Å². The van der Waals surface area contributed by atoms with Crippen LogP contribution in [0.15, 0.2) is 40.6 Å². The monoisotopic (exact) mass is 434 g/mol. The molecule has 1 amide bonds. The molecule has 0 bridgehead atoms. The van der Waals surface area contributed by atoms with Crippen LogP contribution >= 0.6 is 0 Å². The summed E-state index contributed by atoms with van der Waals surface area (Å²) < 4.78 is 34.3. The molecule has 158 valence electrons. The summed E-state index contributed by atoms with van der Waals surface area (Å²) in [6.07, 6.45) is 0.257. The quantitative estimate of drug-likeness (QED) is 0.289. The number of nitrogens with two attached hydrogens (primary N) is 2. The van der Waals surface area contributed by atoms with Gasteiger partial charge in [-0.3, -0.25) is 0 Å². The molecule has 4 N–H and O–H groups in total. The molecule has 0 aliphatic carbocycles. The largest absolute Gasteiger partial charge is 0.443 e. The molecule has 9 nitrogen and oxygen atoms in total. The number of carbonyl (C=O) groups is 1. The molecular weight excluding hydrogens is 419 g/mol. The number of hydrogen-bond acceptors (Lipinski definition) is 6. The van der Waals surface area contributed by atoms with E-state index >= 15 is 0 Å². The van der Waals surface area contributed by atoms with Crippen LogP contribution < -0.4 is 16.4 Å². The summed E-state index contributed by atoms with van der Waals surface area (Å²) in [4.78, 5) is 24.9. The first-order valence-electron chi connectivity index (χ1n) is 9.08. The van der Waals surface area contributed by atoms with Crippen molar-refractivity contribution in [3.63, 3.8) is 0 Å². The van der Waals surface area contributed by atoms with Gasteiger partial charge in [-0.15, -0.1) is 4.99 Å². The summed E-state index contributed by atoms with van der Waals surface area (Å²) in [5.74, 6) is -1.80. The van der Waals surface area contributed by atoms with E-state index in [1.54, 1.807) is 4.90 Å². The van der Waals surface area contributed by atoms with Crippen LogP contribution in [0.25, 0.3) is 11.1 Å². The number of carbonyl (C=O) groups excluding carboxylic acids is 1. The Morgan fingerprint density at radius 1 is 1.25 bits per heavy atom. The van der Waals surface area contributed by atoms with Crippen LogP contribution in [-0.2, 0) is 16.2 Å². The Labute approximate surface area is 186 Å². The first-order valence-corrected chi connectivity index (χ1v) is 9.08. The van der Waals surface area contributed by atoms with Crippen molar-refractivity contribution in [3.05, 3.63) is 47.7 Å². The second-order valence-corrected chi connectivity index (χ2v) is 6.86. The Kier molecular flexibility index (Phi) is 6.71. The highest BCUT2D eigenvalue weighted by Crippen LogP contribution is 2.29. The van der Waals surface area contributed by atoms with Gasteiger partial charge >= 0.3 is 6.09 Å². The number of aliphatic imine (C=N–C) groups is 1. The third-order valence-corrected chi connectivity index (χ3v) is 4.16. The highest BCUT2D eigenvalue weighted by atomic mass is 19.1. The van der Waals surface area contributed by atoms with Crippen LogP contribution in [0.4, 0.5) is 19.4 Å². The number of aromatic nitrogens is 1. The van der Waals surface area contributed by atoms with Crippen molar-refractivity contribution in [2.75, 3.05) is 18.0 Å². The van der Waals surface area contributed by atoms with E-state index in [0.29, 0.717) is 5.71 Å². The Balaban J connectivity index is 1.71. The lowest BCUT2D eigenvalue weighted by atomic mass is 9.52. The number of hydrogen-bond donors (Lipinski definition) is 2. The summed E-state index contributed by atoms with van der Waals surface area (Å²) in [6, 6.07) is 5.52. The van der Waals surface area contributed by atoms with E-state index in [1.807, 2.05) is 0 Å². The van der Waals surface area contributed by atoms with Crippen LogP contribution in [0, 0.1) is 11.6 Å². The molecule has 1 fully saturated rings. The van der Waals surface area contributed by atoms with Crippen molar-refractivity contribution in [3.8, 4) is 11.1 Å². The van der Waals surface area contributed by atoms with E-state index in [-0.39, 0.29) is 35.6 Å². The summed E-state index contributed by atoms with van der Waals surface area (Å²) in [5.41, 5.74) is 11.0. The number of benzene rings is 1. The number of rotatable bonds is 6. The molecule has 1 aliphatic rings. The highest BCUT2D eigenvalue weighted by Gasteiger charge is 2.27. The SMILES string of the molecule is [B]C([B])([B])ON=C1CN(c2ncc(-c3cccc(COC(=O)N=C(N)N)c3F)cc2F)C1. The van der Waals surface area contributed by atoms with Gasteiger partial charge in [-0.25, -0.2) is 18.6 Å². The van der Waals surface area contributed by atoms with Crippen LogP contribution in [0.5, 0.6) is 0 Å². The molecule has 3 rings (SSSR count). The van der Waals surface area contributed by atoms with Gasteiger partial charge in [0.2, 0.25) is 0 Å². The lowest BCUT2D eigenvalue weighted by molar-refractivity contribution is 0.137. The van der Waals surface area contributed by atoms with Crippen LogP contribution in [0.2, 0.25) is 0 Å². The lowest BCUT2D eigenvalue weighted by Gasteiger charge is -2.34. The number of oxime groups is 1. The predicted molar refractivity (Wildman–Crippen MR) is 116 cm³/mol. The van der Waals surface area contributed by atoms with Crippen LogP contribution in [-0.4, -0.2) is 64.7 Å². The number of nitrogens with zero attached hydrogens (tertiary/aromatic N) is 4. The minimum Gasteiger partial charge on any atom is -0.443 e. The Morgan fingerprint density at radius 3 is 2.59 bits per heavy atom. The topological polar surface area (TPSA) is 128 Å². The molecule has 0 unspecified atom stereocenters. The van der Waals surface area contributed by atoms with Gasteiger partial charge in [0.05, 0.1) is 18.8 Å². The third-order valence-electron chi connectivity index (χ3n) is 4.16. The molecule has 14 heteroatoms. The summed E-state index contributed by atoms with van der Waals surface area (Å²) in [6.45, 7) is 0.0334. The van der Waals surface area contributed by atoms with E-state index < -0.39 is 35.6 Å². The Morgan fingerprint density at radius 2 is 1.97 bits per heavy atom. The zero-order valence-corrected chi connectivity index (χ0v) is 16.7. The molecule has 1 aromatic heterocycles. The van der Waals surface area contributed by atoms with Gasteiger partial charge < -0.3 is 25.9 Å². The molecule has 0 atom stereocenters. The summed E-state index contributed by atoms with van der Waals surface area (Å²) in [5, 5.41) is 1.78. The first kappa shape index (κ1) is 23.1. The van der Waals surface area contributed by atoms with Crippen molar-refractivity contribution in [1.29, 1.82) is 0 Å². The molecular formula is C18H15B3F2N6O3. The van der Waals surface area contributed by atoms with E-state index in [9.17, 15) is 13.6 Å². The molecule has 1 aliphatic heterocycles. The number of anilines is 1. The fourth-order valence-corrected chi connectivity index (χ4v) is 2.75. The normalized spacial score (nSPS) is 13.2. The zero-order valence-electron chi connectivity index (χ0n) is 16.7. The van der Waals surface area contributed by atoms with Crippen molar-refractivity contribution in [1.82, 2.24) is 4.98 Å². The number of amides is 1. The van der Waals surface area contributed by atoms with Gasteiger partial charge in [-0.2, -0.15) is 0 Å². The minimum absolute atomic E-state index is 0.0468. The van der Waals surface area contributed by atoms with Crippen LogP contribution in [0.3, 0.4) is 0 Å². The van der Waals surface area contributed by atoms with E-state index in [2.05, 4.69) is 15.1 Å². The molecule has 0 saturated carbocycles. The number of guanidine groups is 1. The lowest BCUT2D eigenvalue weighted by Crippen LogP contribution is -2.49. The van der Waals surface area contributed by atoms with E-state index in [4.69, 9.17) is 44.6 Å². The molecule has 2 aromatic rings. The maximum absolute atomic E-state index is 14.9. The molecule has 1 aromatic carbocycles. The van der Waals surface area contributed by atoms with Crippen molar-refractivity contribution < 1.29 is 23.1 Å². The molecule has 6 radical (unpaired) electrons. The van der Waals surface area contributed by atoms with Crippen LogP contribution in [0.1, 0.15) is 5.56 Å². The third kappa shape index (κ3) is 5.77. The summed E-state index contributed by atoms with van der Waals surface area (Å²) >= 11 is 0. The van der Waals surface area contributed by atoms with Gasteiger partial charge in [0.15, 0.2) is 17.6 Å². The van der Waals surface area contributed by atoms with Crippen molar-refractivity contribution in [2.24, 2.45) is 21.6 Å². The van der Waals surface area contributed by atoms with Gasteiger partial charge in [-0.05, 0) is 6.07 Å². The molecule has 32 heavy (non-hydrogen) atoms. The smallest absolute Gasteiger partial charge is 0.437 e. The van der Waals surface area contributed by atoms with Gasteiger partial charge in [0.25, 0.3) is 0 Å². The first-order chi connectivity index (χ1) is 15.0. The predicted octanol–water partition coefficient (Wildman–Crippen LogP) is 0.246. The molecule has 1 saturated heterocycles. The Hall–Kier alpha value is -3.57. The maximum Gasteiger partial charge on any atom is 0.437 e. The van der Waals surface area contributed by atoms with Gasteiger partial charge in [0, 0.05) is 28.2 Å². The van der Waals surface area contributed by atoms with Gasteiger partial charge in [0.1, 0.15) is 36.0 Å². The fraction of sp³-hybridized carbons (Fsp3) is 0.222. The Bertz CT molecular complexity index is 1080. The molecule has 0 spiro atoms. The standard InChI is InChI=1S/C18H15B3F2N6O3/c19-18(20,21)32-28-11-6-29(7-11)15-13(22)4-10(5-26-15)12-3-1-2-9(14(12)23)8-31-17(30)27-16(24)25/h1-5H,6-8H2,(H4,24,25,27,30). The number of halogens is 2. The second kappa shape index (κ2) is 9.29. The number of ether oxygens (including phenoxy) is 1. The second-order valence-electron chi connectivity index (χ2n) is 6.86. The maximum atomic E-state index is 14.9. The number of pyridine rings is 1. The molecule has 2 heterocycles. The van der Waals surface area contributed by atoms with E-state index in [1.165, 1.54) is 24.4 Å².